The fourth-order valence-electron chi connectivity index (χ4n) is 2.51. The first kappa shape index (κ1) is 17.1. The Bertz CT molecular complexity index is 1060. The number of hydrogen-bond acceptors (Lipinski definition) is 5. The monoisotopic (exact) mass is 382 g/mol. The van der Waals surface area contributed by atoms with Crippen molar-refractivity contribution >= 4 is 23.0 Å². The lowest BCUT2D eigenvalue weighted by atomic mass is 10.2. The van der Waals surface area contributed by atoms with E-state index in [-0.39, 0.29) is 18.4 Å². The van der Waals surface area contributed by atoms with Crippen molar-refractivity contribution in [3.8, 4) is 11.3 Å². The quantitative estimate of drug-likeness (QED) is 0.556. The molecule has 0 saturated heterocycles. The van der Waals surface area contributed by atoms with E-state index >= 15 is 0 Å². The molecule has 0 aliphatic carbocycles. The van der Waals surface area contributed by atoms with Gasteiger partial charge in [-0.3, -0.25) is 0 Å². The Balaban J connectivity index is 1.40. The number of aromatic nitrogens is 4. The number of carbonyl (C=O) groups excluding carboxylic acids is 1. The lowest BCUT2D eigenvalue weighted by molar-refractivity contribution is 0.240. The standard InChI is InChI=1S/C18H15FN6OS/c19-14-3-1-12(2-4-14)9-20-18(26)21-10-17-23-22-16-6-5-15(24-25(16)17)13-7-8-27-11-13/h1-8,11H,9-10H2,(H2,20,21,26). The van der Waals surface area contributed by atoms with Crippen LogP contribution < -0.4 is 10.6 Å². The summed E-state index contributed by atoms with van der Waals surface area (Å²) in [6.07, 6.45) is 0. The molecule has 0 spiro atoms. The molecule has 0 aliphatic heterocycles. The number of nitrogens with one attached hydrogen (secondary N) is 2. The van der Waals surface area contributed by atoms with Crippen molar-refractivity contribution in [3.63, 3.8) is 0 Å². The normalized spacial score (nSPS) is 10.9. The molecule has 1 aromatic carbocycles. The van der Waals surface area contributed by atoms with Crippen molar-refractivity contribution in [3.05, 3.63) is 70.4 Å². The fourth-order valence-corrected chi connectivity index (χ4v) is 3.16. The first-order valence-corrected chi connectivity index (χ1v) is 9.13. The molecule has 2 N–H and O–H groups in total. The predicted molar refractivity (Wildman–Crippen MR) is 99.6 cm³/mol. The van der Waals surface area contributed by atoms with E-state index in [1.165, 1.54) is 12.1 Å². The largest absolute Gasteiger partial charge is 0.334 e. The van der Waals surface area contributed by atoms with Gasteiger partial charge in [0.2, 0.25) is 0 Å². The van der Waals surface area contributed by atoms with Gasteiger partial charge >= 0.3 is 6.03 Å². The zero-order chi connectivity index (χ0) is 18.6. The van der Waals surface area contributed by atoms with Gasteiger partial charge in [0.05, 0.1) is 12.2 Å². The van der Waals surface area contributed by atoms with Crippen molar-refractivity contribution in [1.29, 1.82) is 0 Å². The average Bonchev–Trinajstić information content (AvgIpc) is 3.35. The molecule has 0 radical (unpaired) electrons. The highest BCUT2D eigenvalue weighted by Crippen LogP contribution is 2.20. The molecule has 0 unspecified atom stereocenters. The average molecular weight is 382 g/mol. The second kappa shape index (κ2) is 7.50. The lowest BCUT2D eigenvalue weighted by Gasteiger charge is -2.07. The summed E-state index contributed by atoms with van der Waals surface area (Å²) in [6, 6.07) is 11.3. The van der Waals surface area contributed by atoms with Crippen LogP contribution in [-0.4, -0.2) is 25.8 Å². The Kier molecular flexibility index (Phi) is 4.75. The molecule has 0 aliphatic rings. The molecule has 9 heteroatoms. The Morgan fingerprint density at radius 2 is 1.85 bits per heavy atom. The van der Waals surface area contributed by atoms with E-state index in [0.717, 1.165) is 16.8 Å². The summed E-state index contributed by atoms with van der Waals surface area (Å²) >= 11 is 1.60. The van der Waals surface area contributed by atoms with Gasteiger partial charge in [-0.15, -0.1) is 10.2 Å². The maximum atomic E-state index is 12.9. The van der Waals surface area contributed by atoms with Crippen LogP contribution in [0.2, 0.25) is 0 Å². The Labute approximate surface area is 157 Å². The number of nitrogens with zero attached hydrogens (tertiary/aromatic N) is 4. The van der Waals surface area contributed by atoms with Gasteiger partial charge in [-0.25, -0.2) is 9.18 Å². The van der Waals surface area contributed by atoms with Gasteiger partial charge in [0, 0.05) is 17.5 Å². The maximum absolute atomic E-state index is 12.9. The van der Waals surface area contributed by atoms with Crippen LogP contribution in [0, 0.1) is 5.82 Å². The van der Waals surface area contributed by atoms with Gasteiger partial charge in [-0.1, -0.05) is 12.1 Å². The summed E-state index contributed by atoms with van der Waals surface area (Å²) in [7, 11) is 0. The van der Waals surface area contributed by atoms with Gasteiger partial charge in [-0.05, 0) is 41.3 Å². The Hall–Kier alpha value is -3.33. The van der Waals surface area contributed by atoms with Crippen molar-refractivity contribution in [1.82, 2.24) is 30.4 Å². The summed E-state index contributed by atoms with van der Waals surface area (Å²) in [4.78, 5) is 12.0. The third kappa shape index (κ3) is 3.93. The smallest absolute Gasteiger partial charge is 0.315 e. The molecular formula is C18H15FN6OS. The molecule has 3 heterocycles. The van der Waals surface area contributed by atoms with E-state index in [4.69, 9.17) is 0 Å². The molecule has 3 aromatic heterocycles. The molecule has 0 bridgehead atoms. The predicted octanol–water partition coefficient (Wildman–Crippen LogP) is 2.99. The summed E-state index contributed by atoms with van der Waals surface area (Å²) in [6.45, 7) is 0.476. The van der Waals surface area contributed by atoms with Gasteiger partial charge in [0.1, 0.15) is 5.82 Å². The van der Waals surface area contributed by atoms with Crippen molar-refractivity contribution in [2.24, 2.45) is 0 Å². The number of fused-ring (bicyclic) bond motifs is 1. The number of urea groups is 1. The first-order valence-electron chi connectivity index (χ1n) is 8.19. The highest BCUT2D eigenvalue weighted by Gasteiger charge is 2.10. The van der Waals surface area contributed by atoms with Crippen LogP contribution in [0.25, 0.3) is 16.9 Å². The summed E-state index contributed by atoms with van der Waals surface area (Å²) in [5, 5.41) is 22.1. The highest BCUT2D eigenvalue weighted by atomic mass is 32.1. The third-order valence-corrected chi connectivity index (χ3v) is 4.60. The van der Waals surface area contributed by atoms with Gasteiger partial charge in [0.25, 0.3) is 0 Å². The molecule has 4 rings (SSSR count). The summed E-state index contributed by atoms with van der Waals surface area (Å²) in [5.41, 5.74) is 3.25. The van der Waals surface area contributed by atoms with Crippen LogP contribution in [0.15, 0.2) is 53.2 Å². The minimum atomic E-state index is -0.356. The topological polar surface area (TPSA) is 84.2 Å². The maximum Gasteiger partial charge on any atom is 0.315 e. The van der Waals surface area contributed by atoms with E-state index in [9.17, 15) is 9.18 Å². The number of amides is 2. The highest BCUT2D eigenvalue weighted by molar-refractivity contribution is 7.08. The Morgan fingerprint density at radius 3 is 2.63 bits per heavy atom. The molecule has 7 nitrogen and oxygen atoms in total. The summed E-state index contributed by atoms with van der Waals surface area (Å²) in [5.74, 6) is 0.218. The van der Waals surface area contributed by atoms with E-state index in [1.807, 2.05) is 29.0 Å². The second-order valence-corrected chi connectivity index (χ2v) is 6.56. The van der Waals surface area contributed by atoms with Crippen LogP contribution in [0.3, 0.4) is 0 Å². The number of benzene rings is 1. The van der Waals surface area contributed by atoms with Crippen molar-refractivity contribution in [2.45, 2.75) is 13.1 Å². The van der Waals surface area contributed by atoms with E-state index < -0.39 is 0 Å². The molecule has 136 valence electrons. The fraction of sp³-hybridized carbons (Fsp3) is 0.111. The molecule has 0 atom stereocenters. The molecular weight excluding hydrogens is 367 g/mol. The van der Waals surface area contributed by atoms with Crippen LogP contribution in [0.4, 0.5) is 9.18 Å². The number of rotatable bonds is 5. The van der Waals surface area contributed by atoms with Crippen molar-refractivity contribution in [2.75, 3.05) is 0 Å². The van der Waals surface area contributed by atoms with Gasteiger partial charge < -0.3 is 10.6 Å². The molecule has 0 fully saturated rings. The van der Waals surface area contributed by atoms with Crippen LogP contribution >= 0.6 is 11.3 Å². The van der Waals surface area contributed by atoms with E-state index in [2.05, 4.69) is 25.9 Å². The number of carbonyl (C=O) groups is 1. The second-order valence-electron chi connectivity index (χ2n) is 5.78. The minimum absolute atomic E-state index is 0.177. The SMILES string of the molecule is O=C(NCc1ccc(F)cc1)NCc1nnc2ccc(-c3ccsc3)nn12. The van der Waals surface area contributed by atoms with E-state index in [0.29, 0.717) is 18.0 Å². The lowest BCUT2D eigenvalue weighted by Crippen LogP contribution is -2.35. The molecule has 0 saturated carbocycles. The van der Waals surface area contributed by atoms with Crippen molar-refractivity contribution < 1.29 is 9.18 Å². The number of halogens is 1. The summed E-state index contributed by atoms with van der Waals surface area (Å²) < 4.78 is 14.5. The van der Waals surface area contributed by atoms with E-state index in [1.54, 1.807) is 28.0 Å². The van der Waals surface area contributed by atoms with Gasteiger partial charge in [-0.2, -0.15) is 21.0 Å². The Morgan fingerprint density at radius 1 is 1.04 bits per heavy atom. The zero-order valence-electron chi connectivity index (χ0n) is 14.1. The molecule has 4 aromatic rings. The molecule has 2 amide bonds. The van der Waals surface area contributed by atoms with Gasteiger partial charge in [0.15, 0.2) is 11.5 Å². The van der Waals surface area contributed by atoms with Crippen LogP contribution in [-0.2, 0) is 13.1 Å². The zero-order valence-corrected chi connectivity index (χ0v) is 14.9. The third-order valence-electron chi connectivity index (χ3n) is 3.92. The number of thiophene rings is 1. The van der Waals surface area contributed by atoms with Crippen LogP contribution in [0.5, 0.6) is 0 Å². The molecule has 27 heavy (non-hydrogen) atoms. The first-order chi connectivity index (χ1) is 13.2. The number of hydrogen-bond donors (Lipinski definition) is 2. The van der Waals surface area contributed by atoms with Crippen LogP contribution in [0.1, 0.15) is 11.4 Å². The minimum Gasteiger partial charge on any atom is -0.334 e.